The third-order valence-corrected chi connectivity index (χ3v) is 4.82. The molecule has 1 unspecified atom stereocenters. The number of imidazole rings is 1. The van der Waals surface area contributed by atoms with Crippen LogP contribution in [-0.4, -0.2) is 46.3 Å². The molecule has 0 bridgehead atoms. The van der Waals surface area contributed by atoms with Gasteiger partial charge in [-0.05, 0) is 31.0 Å². The second-order valence-corrected chi connectivity index (χ2v) is 6.64. The molecule has 0 radical (unpaired) electrons. The Bertz CT molecular complexity index is 890. The van der Waals surface area contributed by atoms with E-state index in [-0.39, 0.29) is 11.8 Å². The SMILES string of the molecule is COc1ccc(N2CCCC(C(=O)NCc3nc4ccccc4[nH]3)C2)nn1. The molecule has 140 valence electrons. The number of fused-ring (bicyclic) bond motifs is 1. The fourth-order valence-corrected chi connectivity index (χ4v) is 3.39. The number of hydrogen-bond donors (Lipinski definition) is 2. The highest BCUT2D eigenvalue weighted by Crippen LogP contribution is 2.22. The molecule has 2 aromatic heterocycles. The highest BCUT2D eigenvalue weighted by molar-refractivity contribution is 5.80. The molecule has 1 saturated heterocycles. The molecule has 1 fully saturated rings. The van der Waals surface area contributed by atoms with E-state index in [9.17, 15) is 4.79 Å². The molecule has 0 saturated carbocycles. The average molecular weight is 366 g/mol. The predicted octanol–water partition coefficient (Wildman–Crippen LogP) is 1.89. The number of methoxy groups -OCH3 is 1. The number of carbonyl (C=O) groups excluding carboxylic acids is 1. The molecule has 2 N–H and O–H groups in total. The molecule has 1 amide bonds. The van der Waals surface area contributed by atoms with E-state index in [4.69, 9.17) is 4.74 Å². The summed E-state index contributed by atoms with van der Waals surface area (Å²) in [5, 5.41) is 11.2. The fraction of sp³-hybridized carbons (Fsp3) is 0.368. The summed E-state index contributed by atoms with van der Waals surface area (Å²) in [5.41, 5.74) is 1.88. The van der Waals surface area contributed by atoms with Gasteiger partial charge in [-0.15, -0.1) is 10.2 Å². The van der Waals surface area contributed by atoms with Gasteiger partial charge in [0.1, 0.15) is 5.82 Å². The number of H-pyrrole nitrogens is 1. The monoisotopic (exact) mass is 366 g/mol. The molecule has 0 aliphatic carbocycles. The van der Waals surface area contributed by atoms with Gasteiger partial charge in [0.05, 0.1) is 30.6 Å². The topological polar surface area (TPSA) is 96.0 Å². The number of aromatic nitrogens is 4. The number of anilines is 1. The van der Waals surface area contributed by atoms with Crippen LogP contribution in [0, 0.1) is 5.92 Å². The molecule has 8 heteroatoms. The summed E-state index contributed by atoms with van der Waals surface area (Å²) in [5.74, 6) is 1.98. The number of rotatable bonds is 5. The van der Waals surface area contributed by atoms with Gasteiger partial charge < -0.3 is 19.9 Å². The van der Waals surface area contributed by atoms with Gasteiger partial charge in [-0.25, -0.2) is 4.98 Å². The first-order valence-corrected chi connectivity index (χ1v) is 9.07. The van der Waals surface area contributed by atoms with Crippen molar-refractivity contribution in [2.24, 2.45) is 5.92 Å². The van der Waals surface area contributed by atoms with Crippen LogP contribution in [0.3, 0.4) is 0 Å². The van der Waals surface area contributed by atoms with Crippen LogP contribution in [-0.2, 0) is 11.3 Å². The minimum Gasteiger partial charge on any atom is -0.480 e. The van der Waals surface area contributed by atoms with E-state index in [2.05, 4.69) is 30.4 Å². The van der Waals surface area contributed by atoms with Gasteiger partial charge in [-0.1, -0.05) is 12.1 Å². The molecular formula is C19H22N6O2. The largest absolute Gasteiger partial charge is 0.480 e. The Hall–Kier alpha value is -3.16. The van der Waals surface area contributed by atoms with E-state index in [1.54, 1.807) is 13.2 Å². The summed E-state index contributed by atoms with van der Waals surface area (Å²) < 4.78 is 5.05. The molecule has 0 spiro atoms. The van der Waals surface area contributed by atoms with E-state index in [1.807, 2.05) is 30.3 Å². The lowest BCUT2D eigenvalue weighted by molar-refractivity contribution is -0.125. The van der Waals surface area contributed by atoms with Crippen LogP contribution < -0.4 is 15.0 Å². The second kappa shape index (κ2) is 7.61. The van der Waals surface area contributed by atoms with Crippen molar-refractivity contribution in [2.75, 3.05) is 25.1 Å². The van der Waals surface area contributed by atoms with Gasteiger partial charge in [-0.2, -0.15) is 0 Å². The lowest BCUT2D eigenvalue weighted by Gasteiger charge is -2.32. The van der Waals surface area contributed by atoms with Gasteiger partial charge in [-0.3, -0.25) is 4.79 Å². The van der Waals surface area contributed by atoms with E-state index < -0.39 is 0 Å². The number of piperidine rings is 1. The Labute approximate surface area is 157 Å². The van der Waals surface area contributed by atoms with Crippen molar-refractivity contribution in [3.8, 4) is 5.88 Å². The number of ether oxygens (including phenoxy) is 1. The van der Waals surface area contributed by atoms with Crippen LogP contribution in [0.1, 0.15) is 18.7 Å². The summed E-state index contributed by atoms with van der Waals surface area (Å²) in [6.07, 6.45) is 1.81. The van der Waals surface area contributed by atoms with Crippen molar-refractivity contribution in [2.45, 2.75) is 19.4 Å². The molecule has 3 aromatic rings. The lowest BCUT2D eigenvalue weighted by Crippen LogP contribution is -2.43. The highest BCUT2D eigenvalue weighted by Gasteiger charge is 2.26. The Morgan fingerprint density at radius 2 is 2.19 bits per heavy atom. The Balaban J connectivity index is 1.36. The lowest BCUT2D eigenvalue weighted by atomic mass is 9.97. The number of nitrogens with zero attached hydrogens (tertiary/aromatic N) is 4. The third-order valence-electron chi connectivity index (χ3n) is 4.82. The summed E-state index contributed by atoms with van der Waals surface area (Å²) in [4.78, 5) is 22.5. The number of carbonyl (C=O) groups is 1. The molecule has 1 aromatic carbocycles. The highest BCUT2D eigenvalue weighted by atomic mass is 16.5. The van der Waals surface area contributed by atoms with Crippen LogP contribution >= 0.6 is 0 Å². The van der Waals surface area contributed by atoms with Crippen LogP contribution in [0.25, 0.3) is 11.0 Å². The molecule has 3 heterocycles. The average Bonchev–Trinajstić information content (AvgIpc) is 3.15. The summed E-state index contributed by atoms with van der Waals surface area (Å²) in [6, 6.07) is 11.5. The zero-order chi connectivity index (χ0) is 18.6. The molecule has 27 heavy (non-hydrogen) atoms. The molecule has 1 aliphatic rings. The van der Waals surface area contributed by atoms with Crippen molar-refractivity contribution >= 4 is 22.8 Å². The zero-order valence-corrected chi connectivity index (χ0v) is 15.2. The van der Waals surface area contributed by atoms with Gasteiger partial charge in [0.15, 0.2) is 5.82 Å². The van der Waals surface area contributed by atoms with Crippen molar-refractivity contribution in [3.63, 3.8) is 0 Å². The number of amides is 1. The summed E-state index contributed by atoms with van der Waals surface area (Å²) >= 11 is 0. The van der Waals surface area contributed by atoms with Gasteiger partial charge >= 0.3 is 0 Å². The first-order chi connectivity index (χ1) is 13.2. The van der Waals surface area contributed by atoms with Crippen LogP contribution in [0.5, 0.6) is 5.88 Å². The van der Waals surface area contributed by atoms with Crippen molar-refractivity contribution in [1.29, 1.82) is 0 Å². The molecule has 8 nitrogen and oxygen atoms in total. The maximum atomic E-state index is 12.6. The summed E-state index contributed by atoms with van der Waals surface area (Å²) in [6.45, 7) is 1.90. The van der Waals surface area contributed by atoms with Crippen molar-refractivity contribution in [1.82, 2.24) is 25.5 Å². The van der Waals surface area contributed by atoms with Crippen molar-refractivity contribution < 1.29 is 9.53 Å². The Morgan fingerprint density at radius 1 is 1.30 bits per heavy atom. The first-order valence-electron chi connectivity index (χ1n) is 9.07. The normalized spacial score (nSPS) is 17.1. The van der Waals surface area contributed by atoms with Gasteiger partial charge in [0.2, 0.25) is 11.8 Å². The first kappa shape index (κ1) is 17.3. The standard InChI is InChI=1S/C19H22N6O2/c1-27-18-9-8-17(23-24-18)25-10-4-5-13(12-25)19(26)20-11-16-21-14-6-2-3-7-15(14)22-16/h2-3,6-9,13H,4-5,10-12H2,1H3,(H,20,26)(H,21,22). The fourth-order valence-electron chi connectivity index (χ4n) is 3.39. The van der Waals surface area contributed by atoms with E-state index in [1.165, 1.54) is 0 Å². The number of aromatic amines is 1. The predicted molar refractivity (Wildman–Crippen MR) is 101 cm³/mol. The molecule has 4 rings (SSSR count). The zero-order valence-electron chi connectivity index (χ0n) is 15.2. The quantitative estimate of drug-likeness (QED) is 0.716. The van der Waals surface area contributed by atoms with Crippen molar-refractivity contribution in [3.05, 3.63) is 42.2 Å². The number of benzene rings is 1. The van der Waals surface area contributed by atoms with Crippen LogP contribution in [0.2, 0.25) is 0 Å². The number of para-hydroxylation sites is 2. The Morgan fingerprint density at radius 3 is 2.96 bits per heavy atom. The van der Waals surface area contributed by atoms with E-state index >= 15 is 0 Å². The second-order valence-electron chi connectivity index (χ2n) is 6.64. The van der Waals surface area contributed by atoms with Gasteiger partial charge in [0, 0.05) is 19.2 Å². The minimum absolute atomic E-state index is 0.0432. The molecule has 1 aliphatic heterocycles. The third kappa shape index (κ3) is 3.84. The smallest absolute Gasteiger partial charge is 0.233 e. The number of hydrogen-bond acceptors (Lipinski definition) is 6. The molecular weight excluding hydrogens is 344 g/mol. The maximum Gasteiger partial charge on any atom is 0.233 e. The Kier molecular flexibility index (Phi) is 4.86. The van der Waals surface area contributed by atoms with Gasteiger partial charge in [0.25, 0.3) is 0 Å². The van der Waals surface area contributed by atoms with E-state index in [0.29, 0.717) is 19.0 Å². The molecule has 1 atom stereocenters. The van der Waals surface area contributed by atoms with E-state index in [0.717, 1.165) is 42.1 Å². The van der Waals surface area contributed by atoms with Crippen LogP contribution in [0.4, 0.5) is 5.82 Å². The summed E-state index contributed by atoms with van der Waals surface area (Å²) in [7, 11) is 1.56. The minimum atomic E-state index is -0.0768. The van der Waals surface area contributed by atoms with Crippen LogP contribution in [0.15, 0.2) is 36.4 Å². The maximum absolute atomic E-state index is 12.6. The number of nitrogens with one attached hydrogen (secondary N) is 2.